The van der Waals surface area contributed by atoms with Crippen LogP contribution in [0.25, 0.3) is 0 Å². The Labute approximate surface area is 114 Å². The van der Waals surface area contributed by atoms with Crippen LogP contribution in [0.4, 0.5) is 8.78 Å². The van der Waals surface area contributed by atoms with E-state index in [1.807, 2.05) is 0 Å². The molecule has 0 aromatic heterocycles. The molecule has 0 spiro atoms. The van der Waals surface area contributed by atoms with Gasteiger partial charge in [0.15, 0.2) is 11.9 Å². The Morgan fingerprint density at radius 3 is 2.35 bits per heavy atom. The van der Waals surface area contributed by atoms with E-state index in [4.69, 9.17) is 4.74 Å². The number of ether oxygens (including phenoxy) is 1. The lowest BCUT2D eigenvalue weighted by Crippen LogP contribution is -2.30. The third-order valence-electron chi connectivity index (χ3n) is 3.37. The van der Waals surface area contributed by atoms with Gasteiger partial charge in [-0.3, -0.25) is 0 Å². The van der Waals surface area contributed by atoms with Gasteiger partial charge < -0.3 is 9.84 Å². The lowest BCUT2D eigenvalue weighted by molar-refractivity contribution is 0.276. The fourth-order valence-corrected chi connectivity index (χ4v) is 2.46. The molecule has 0 saturated carbocycles. The highest BCUT2D eigenvalue weighted by atomic mass is 19.1. The minimum absolute atomic E-state index is 0.0670. The number of halogens is 2. The molecule has 5 heteroatoms. The van der Waals surface area contributed by atoms with Crippen molar-refractivity contribution in [3.8, 4) is 5.75 Å². The Morgan fingerprint density at radius 1 is 1.05 bits per heavy atom. The summed E-state index contributed by atoms with van der Waals surface area (Å²) in [6.07, 6.45) is 1.15. The second-order valence-corrected chi connectivity index (χ2v) is 4.52. The van der Waals surface area contributed by atoms with Gasteiger partial charge in [0, 0.05) is 5.56 Å². The molecule has 3 nitrogen and oxygen atoms in total. The second kappa shape index (κ2) is 4.59. The largest absolute Gasteiger partial charge is 0.508 e. The summed E-state index contributed by atoms with van der Waals surface area (Å²) < 4.78 is 33.3. The van der Waals surface area contributed by atoms with Gasteiger partial charge in [0.2, 0.25) is 0 Å². The van der Waals surface area contributed by atoms with Crippen LogP contribution >= 0.6 is 0 Å². The van der Waals surface area contributed by atoms with Crippen molar-refractivity contribution < 1.29 is 18.6 Å². The Balaban J connectivity index is 2.30. The van der Waals surface area contributed by atoms with Crippen molar-refractivity contribution in [1.29, 1.82) is 0 Å². The SMILES string of the molecule is Oc1ccccc1C1(c2c(F)cccc2F)COC=N1. The molecular weight excluding hydrogens is 264 g/mol. The predicted octanol–water partition coefficient (Wildman–Crippen LogP) is 2.97. The van der Waals surface area contributed by atoms with Gasteiger partial charge >= 0.3 is 0 Å². The van der Waals surface area contributed by atoms with Gasteiger partial charge in [0.05, 0.1) is 5.56 Å². The minimum atomic E-state index is -1.40. The Hall–Kier alpha value is -2.43. The smallest absolute Gasteiger partial charge is 0.170 e. The quantitative estimate of drug-likeness (QED) is 0.915. The Morgan fingerprint density at radius 2 is 1.75 bits per heavy atom. The molecule has 2 aromatic rings. The highest BCUT2D eigenvalue weighted by Gasteiger charge is 2.43. The molecule has 1 atom stereocenters. The second-order valence-electron chi connectivity index (χ2n) is 4.52. The number of phenols is 1. The molecule has 3 rings (SSSR count). The van der Waals surface area contributed by atoms with Crippen molar-refractivity contribution in [3.05, 3.63) is 65.2 Å². The summed E-state index contributed by atoms with van der Waals surface area (Å²) in [6, 6.07) is 9.93. The molecule has 0 radical (unpaired) electrons. The maximum atomic E-state index is 14.1. The number of phenolic OH excluding ortho intramolecular Hbond substituents is 1. The molecule has 1 aliphatic rings. The molecule has 1 heterocycles. The zero-order valence-electron chi connectivity index (χ0n) is 10.4. The van der Waals surface area contributed by atoms with Crippen LogP contribution in [0.2, 0.25) is 0 Å². The van der Waals surface area contributed by atoms with Crippen molar-refractivity contribution in [3.63, 3.8) is 0 Å². The van der Waals surface area contributed by atoms with E-state index in [1.54, 1.807) is 18.2 Å². The van der Waals surface area contributed by atoms with Crippen LogP contribution in [0.15, 0.2) is 47.5 Å². The van der Waals surface area contributed by atoms with E-state index in [0.717, 1.165) is 18.5 Å². The molecule has 0 amide bonds. The lowest BCUT2D eigenvalue weighted by atomic mass is 9.83. The molecule has 0 saturated heterocycles. The van der Waals surface area contributed by atoms with Crippen molar-refractivity contribution in [2.75, 3.05) is 6.61 Å². The fraction of sp³-hybridized carbons (Fsp3) is 0.133. The molecular formula is C15H11F2NO2. The number of aliphatic imine (C=N–C) groups is 1. The molecule has 0 aliphatic carbocycles. The summed E-state index contributed by atoms with van der Waals surface area (Å²) in [6.45, 7) is -0.0670. The maximum absolute atomic E-state index is 14.1. The van der Waals surface area contributed by atoms with Crippen LogP contribution in [0.5, 0.6) is 5.75 Å². The van der Waals surface area contributed by atoms with E-state index in [-0.39, 0.29) is 17.9 Å². The first-order valence-electron chi connectivity index (χ1n) is 6.03. The van der Waals surface area contributed by atoms with Crippen LogP contribution in [0.1, 0.15) is 11.1 Å². The first-order chi connectivity index (χ1) is 9.65. The molecule has 0 bridgehead atoms. The van der Waals surface area contributed by atoms with Gasteiger partial charge in [0.25, 0.3) is 0 Å². The molecule has 0 fully saturated rings. The molecule has 20 heavy (non-hydrogen) atoms. The summed E-state index contributed by atoms with van der Waals surface area (Å²) >= 11 is 0. The number of rotatable bonds is 2. The number of aromatic hydroxyl groups is 1. The van der Waals surface area contributed by atoms with Gasteiger partial charge in [-0.05, 0) is 18.2 Å². The van der Waals surface area contributed by atoms with Gasteiger partial charge in [-0.1, -0.05) is 24.3 Å². The van der Waals surface area contributed by atoms with E-state index in [0.29, 0.717) is 5.56 Å². The standard InChI is InChI=1S/C15H11F2NO2/c16-11-5-3-6-12(17)14(11)15(8-20-9-18-15)10-4-1-2-7-13(10)19/h1-7,9,19H,8H2. The van der Waals surface area contributed by atoms with Crippen molar-refractivity contribution in [2.24, 2.45) is 4.99 Å². The van der Waals surface area contributed by atoms with Crippen LogP contribution in [-0.2, 0) is 10.3 Å². The van der Waals surface area contributed by atoms with Gasteiger partial charge in [-0.2, -0.15) is 0 Å². The van der Waals surface area contributed by atoms with Crippen LogP contribution < -0.4 is 0 Å². The third-order valence-corrected chi connectivity index (χ3v) is 3.37. The summed E-state index contributed by atoms with van der Waals surface area (Å²) in [7, 11) is 0. The van der Waals surface area contributed by atoms with Crippen molar-refractivity contribution in [1.82, 2.24) is 0 Å². The zero-order valence-corrected chi connectivity index (χ0v) is 10.4. The van der Waals surface area contributed by atoms with Crippen LogP contribution in [0, 0.1) is 11.6 Å². The number of benzene rings is 2. The normalized spacial score (nSPS) is 20.9. The molecule has 1 aliphatic heterocycles. The van der Waals surface area contributed by atoms with Gasteiger partial charge in [-0.25, -0.2) is 13.8 Å². The maximum Gasteiger partial charge on any atom is 0.170 e. The first-order valence-corrected chi connectivity index (χ1v) is 6.03. The highest BCUT2D eigenvalue weighted by Crippen LogP contribution is 2.42. The number of para-hydroxylation sites is 1. The molecule has 2 aromatic carbocycles. The molecule has 1 N–H and O–H groups in total. The average molecular weight is 275 g/mol. The highest BCUT2D eigenvalue weighted by molar-refractivity contribution is 5.58. The molecule has 1 unspecified atom stereocenters. The van der Waals surface area contributed by atoms with E-state index in [1.165, 1.54) is 12.1 Å². The number of hydrogen-bond acceptors (Lipinski definition) is 3. The Kier molecular flexibility index (Phi) is 2.89. The summed E-state index contributed by atoms with van der Waals surface area (Å²) in [5.74, 6) is -1.54. The number of hydrogen-bond donors (Lipinski definition) is 1. The topological polar surface area (TPSA) is 41.8 Å². The Bertz CT molecular complexity index is 667. The summed E-state index contributed by atoms with van der Waals surface area (Å²) in [4.78, 5) is 4.10. The number of nitrogens with zero attached hydrogens (tertiary/aromatic N) is 1. The zero-order chi connectivity index (χ0) is 14.2. The van der Waals surface area contributed by atoms with Crippen LogP contribution in [-0.4, -0.2) is 18.1 Å². The monoisotopic (exact) mass is 275 g/mol. The van der Waals surface area contributed by atoms with Crippen molar-refractivity contribution in [2.45, 2.75) is 5.54 Å². The van der Waals surface area contributed by atoms with E-state index in [2.05, 4.69) is 4.99 Å². The van der Waals surface area contributed by atoms with Gasteiger partial charge in [-0.15, -0.1) is 0 Å². The van der Waals surface area contributed by atoms with E-state index >= 15 is 0 Å². The van der Waals surface area contributed by atoms with Gasteiger partial charge in [0.1, 0.15) is 24.0 Å². The van der Waals surface area contributed by atoms with E-state index < -0.39 is 17.2 Å². The minimum Gasteiger partial charge on any atom is -0.508 e. The van der Waals surface area contributed by atoms with Crippen LogP contribution in [0.3, 0.4) is 0 Å². The molecule has 102 valence electrons. The predicted molar refractivity (Wildman–Crippen MR) is 69.7 cm³/mol. The third kappa shape index (κ3) is 1.74. The lowest BCUT2D eigenvalue weighted by Gasteiger charge is -2.26. The fourth-order valence-electron chi connectivity index (χ4n) is 2.46. The summed E-state index contributed by atoms with van der Waals surface area (Å²) in [5, 5.41) is 10.0. The summed E-state index contributed by atoms with van der Waals surface area (Å²) in [5.41, 5.74) is -1.33. The first kappa shape index (κ1) is 12.6. The van der Waals surface area contributed by atoms with Crippen molar-refractivity contribution >= 4 is 6.40 Å². The average Bonchev–Trinajstić information content (AvgIpc) is 2.89. The van der Waals surface area contributed by atoms with E-state index in [9.17, 15) is 13.9 Å².